The summed E-state index contributed by atoms with van der Waals surface area (Å²) in [6.45, 7) is 0. The van der Waals surface area contributed by atoms with E-state index in [9.17, 15) is 0 Å². The van der Waals surface area contributed by atoms with E-state index in [2.05, 4.69) is 119 Å². The Morgan fingerprint density at radius 2 is 1.19 bits per heavy atom. The van der Waals surface area contributed by atoms with Crippen molar-refractivity contribution in [3.05, 3.63) is 108 Å². The molecule has 0 bridgehead atoms. The first-order valence-corrected chi connectivity index (χ1v) is 9.86. The Hall–Kier alpha value is -2.90. The standard InChI is InChI=1S/C26H17Br/c27-21-15-13-19(14-16-21)26-23-10-5-4-9-20(23)17-25-22(11-6-12-24(25)26)18-7-2-1-3-8-18/h1-17H. The first-order chi connectivity index (χ1) is 13.3. The fourth-order valence-corrected chi connectivity index (χ4v) is 4.15. The largest absolute Gasteiger partial charge is 0.0622 e. The zero-order valence-electron chi connectivity index (χ0n) is 14.7. The highest BCUT2D eigenvalue weighted by atomic mass is 79.9. The maximum Gasteiger partial charge on any atom is 0.0175 e. The first-order valence-electron chi connectivity index (χ1n) is 9.07. The van der Waals surface area contributed by atoms with Crippen LogP contribution in [0, 0.1) is 0 Å². The van der Waals surface area contributed by atoms with E-state index in [-0.39, 0.29) is 0 Å². The van der Waals surface area contributed by atoms with Gasteiger partial charge in [-0.05, 0) is 62.0 Å². The van der Waals surface area contributed by atoms with Crippen LogP contribution in [0.5, 0.6) is 0 Å². The fourth-order valence-electron chi connectivity index (χ4n) is 3.89. The van der Waals surface area contributed by atoms with Gasteiger partial charge in [0.1, 0.15) is 0 Å². The van der Waals surface area contributed by atoms with Crippen LogP contribution >= 0.6 is 15.9 Å². The van der Waals surface area contributed by atoms with E-state index >= 15 is 0 Å². The van der Waals surface area contributed by atoms with Crippen molar-refractivity contribution in [3.8, 4) is 22.3 Å². The second kappa shape index (κ2) is 6.68. The summed E-state index contributed by atoms with van der Waals surface area (Å²) in [7, 11) is 0. The van der Waals surface area contributed by atoms with Crippen molar-refractivity contribution in [2.75, 3.05) is 0 Å². The molecule has 0 nitrogen and oxygen atoms in total. The summed E-state index contributed by atoms with van der Waals surface area (Å²) in [4.78, 5) is 0. The molecule has 5 aromatic rings. The Labute approximate surface area is 167 Å². The maximum absolute atomic E-state index is 3.56. The SMILES string of the molecule is Brc1ccc(-c2c3ccccc3cc3c(-c4ccccc4)cccc23)cc1. The van der Waals surface area contributed by atoms with Gasteiger partial charge in [0.2, 0.25) is 0 Å². The zero-order valence-corrected chi connectivity index (χ0v) is 16.3. The molecule has 0 aromatic heterocycles. The average molecular weight is 409 g/mol. The molecule has 0 aliphatic heterocycles. The Bertz CT molecular complexity index is 1250. The van der Waals surface area contributed by atoms with Crippen molar-refractivity contribution in [2.45, 2.75) is 0 Å². The van der Waals surface area contributed by atoms with Gasteiger partial charge in [-0.25, -0.2) is 0 Å². The minimum atomic E-state index is 1.10. The van der Waals surface area contributed by atoms with Gasteiger partial charge in [0.15, 0.2) is 0 Å². The van der Waals surface area contributed by atoms with Gasteiger partial charge in [-0.1, -0.05) is 101 Å². The van der Waals surface area contributed by atoms with Crippen LogP contribution in [-0.4, -0.2) is 0 Å². The molecule has 0 heterocycles. The van der Waals surface area contributed by atoms with Crippen LogP contribution in [0.25, 0.3) is 43.8 Å². The van der Waals surface area contributed by atoms with Crippen molar-refractivity contribution in [1.82, 2.24) is 0 Å². The van der Waals surface area contributed by atoms with Crippen molar-refractivity contribution in [1.29, 1.82) is 0 Å². The summed E-state index contributed by atoms with van der Waals surface area (Å²) in [5, 5.41) is 5.14. The van der Waals surface area contributed by atoms with Crippen molar-refractivity contribution < 1.29 is 0 Å². The highest BCUT2D eigenvalue weighted by Crippen LogP contribution is 2.40. The van der Waals surface area contributed by atoms with Gasteiger partial charge in [0.25, 0.3) is 0 Å². The first kappa shape index (κ1) is 16.3. The molecule has 5 aromatic carbocycles. The lowest BCUT2D eigenvalue weighted by Crippen LogP contribution is -1.88. The van der Waals surface area contributed by atoms with Crippen LogP contribution < -0.4 is 0 Å². The van der Waals surface area contributed by atoms with Crippen molar-refractivity contribution in [2.24, 2.45) is 0 Å². The van der Waals surface area contributed by atoms with Crippen LogP contribution in [0.2, 0.25) is 0 Å². The predicted molar refractivity (Wildman–Crippen MR) is 120 cm³/mol. The number of hydrogen-bond donors (Lipinski definition) is 0. The summed E-state index contributed by atoms with van der Waals surface area (Å²) in [5.41, 5.74) is 5.07. The number of benzene rings is 5. The normalized spacial score (nSPS) is 11.1. The molecule has 128 valence electrons. The third-order valence-corrected chi connectivity index (χ3v) is 5.65. The third kappa shape index (κ3) is 2.85. The van der Waals surface area contributed by atoms with E-state index in [0.29, 0.717) is 0 Å². The molecule has 0 amide bonds. The van der Waals surface area contributed by atoms with Gasteiger partial charge < -0.3 is 0 Å². The van der Waals surface area contributed by atoms with Crippen LogP contribution in [0.15, 0.2) is 108 Å². The molecule has 5 rings (SSSR count). The molecule has 0 aliphatic rings. The molecule has 0 saturated heterocycles. The molecular weight excluding hydrogens is 392 g/mol. The summed E-state index contributed by atoms with van der Waals surface area (Å²) >= 11 is 3.56. The predicted octanol–water partition coefficient (Wildman–Crippen LogP) is 8.09. The van der Waals surface area contributed by atoms with Crippen LogP contribution in [0.4, 0.5) is 0 Å². The molecule has 27 heavy (non-hydrogen) atoms. The molecule has 0 spiro atoms. The van der Waals surface area contributed by atoms with E-state index in [1.54, 1.807) is 0 Å². The molecule has 0 radical (unpaired) electrons. The van der Waals surface area contributed by atoms with Gasteiger partial charge in [0.05, 0.1) is 0 Å². The Morgan fingerprint density at radius 1 is 0.481 bits per heavy atom. The lowest BCUT2D eigenvalue weighted by Gasteiger charge is -2.15. The topological polar surface area (TPSA) is 0 Å². The molecule has 0 N–H and O–H groups in total. The number of hydrogen-bond acceptors (Lipinski definition) is 0. The number of halogens is 1. The van der Waals surface area contributed by atoms with E-state index in [0.717, 1.165) is 4.47 Å². The maximum atomic E-state index is 3.56. The zero-order chi connectivity index (χ0) is 18.2. The van der Waals surface area contributed by atoms with Crippen molar-refractivity contribution in [3.63, 3.8) is 0 Å². The van der Waals surface area contributed by atoms with E-state index in [1.165, 1.54) is 43.8 Å². The summed E-state index contributed by atoms with van der Waals surface area (Å²) in [6, 6.07) is 36.9. The van der Waals surface area contributed by atoms with Gasteiger partial charge in [-0.2, -0.15) is 0 Å². The van der Waals surface area contributed by atoms with Gasteiger partial charge in [-0.15, -0.1) is 0 Å². The van der Waals surface area contributed by atoms with Gasteiger partial charge in [-0.3, -0.25) is 0 Å². The quantitative estimate of drug-likeness (QED) is 0.259. The van der Waals surface area contributed by atoms with Crippen molar-refractivity contribution >= 4 is 37.5 Å². The second-order valence-electron chi connectivity index (χ2n) is 6.75. The minimum absolute atomic E-state index is 1.10. The van der Waals surface area contributed by atoms with Crippen LogP contribution in [-0.2, 0) is 0 Å². The molecule has 0 atom stereocenters. The van der Waals surface area contributed by atoms with E-state index in [4.69, 9.17) is 0 Å². The Morgan fingerprint density at radius 3 is 2.00 bits per heavy atom. The molecule has 0 unspecified atom stereocenters. The smallest absolute Gasteiger partial charge is 0.0175 e. The van der Waals surface area contributed by atoms with Gasteiger partial charge in [0, 0.05) is 4.47 Å². The third-order valence-electron chi connectivity index (χ3n) is 5.12. The van der Waals surface area contributed by atoms with Crippen LogP contribution in [0.3, 0.4) is 0 Å². The molecule has 1 heteroatoms. The fraction of sp³-hybridized carbons (Fsp3) is 0. The monoisotopic (exact) mass is 408 g/mol. The lowest BCUT2D eigenvalue weighted by molar-refractivity contribution is 1.62. The summed E-state index contributed by atoms with van der Waals surface area (Å²) in [6.07, 6.45) is 0. The number of fused-ring (bicyclic) bond motifs is 2. The lowest BCUT2D eigenvalue weighted by atomic mass is 9.89. The van der Waals surface area contributed by atoms with Crippen LogP contribution in [0.1, 0.15) is 0 Å². The Kier molecular flexibility index (Phi) is 4.03. The summed E-state index contributed by atoms with van der Waals surface area (Å²) in [5.74, 6) is 0. The summed E-state index contributed by atoms with van der Waals surface area (Å²) < 4.78 is 1.10. The molecule has 0 aliphatic carbocycles. The molecular formula is C26H17Br. The second-order valence-corrected chi connectivity index (χ2v) is 7.66. The highest BCUT2D eigenvalue weighted by molar-refractivity contribution is 9.10. The number of rotatable bonds is 2. The van der Waals surface area contributed by atoms with Gasteiger partial charge >= 0.3 is 0 Å². The minimum Gasteiger partial charge on any atom is -0.0622 e. The van der Waals surface area contributed by atoms with E-state index < -0.39 is 0 Å². The Balaban J connectivity index is 1.93. The highest BCUT2D eigenvalue weighted by Gasteiger charge is 2.12. The molecule has 0 fully saturated rings. The van der Waals surface area contributed by atoms with E-state index in [1.807, 2.05) is 0 Å². The molecule has 0 saturated carbocycles. The average Bonchev–Trinajstić information content (AvgIpc) is 2.73.